The quantitative estimate of drug-likeness (QED) is 0.122. The smallest absolute Gasteiger partial charge is 0.143 e. The van der Waals surface area contributed by atoms with Crippen LogP contribution in [0.15, 0.2) is 326 Å². The van der Waals surface area contributed by atoms with Gasteiger partial charge in [-0.25, -0.2) is 0 Å². The lowest BCUT2D eigenvalue weighted by Crippen LogP contribution is -2.13. The van der Waals surface area contributed by atoms with Crippen LogP contribution in [0, 0.1) is 0 Å². The van der Waals surface area contributed by atoms with Crippen molar-refractivity contribution in [2.75, 3.05) is 14.7 Å². The van der Waals surface area contributed by atoms with Crippen LogP contribution in [0.1, 0.15) is 0 Å². The van der Waals surface area contributed by atoms with Gasteiger partial charge in [0.25, 0.3) is 0 Å². The fraction of sp³-hybridized carbons (Fsp3) is 0. The van der Waals surface area contributed by atoms with Crippen molar-refractivity contribution >= 4 is 117 Å². The third-order valence-corrected chi connectivity index (χ3v) is 16.5. The fourth-order valence-electron chi connectivity index (χ4n) is 12.7. The lowest BCUT2D eigenvalue weighted by Gasteiger charge is -2.29. The van der Waals surface area contributed by atoms with Crippen LogP contribution in [0.3, 0.4) is 0 Å². The Kier molecular flexibility index (Phi) is 11.8. The van der Waals surface area contributed by atoms with Crippen molar-refractivity contribution in [1.82, 2.24) is 9.13 Å². The van der Waals surface area contributed by atoms with Crippen LogP contribution < -0.4 is 14.7 Å². The van der Waals surface area contributed by atoms with Gasteiger partial charge in [-0.3, -0.25) is 0 Å². The van der Waals surface area contributed by atoms with Crippen LogP contribution in [0.2, 0.25) is 0 Å². The van der Waals surface area contributed by atoms with Gasteiger partial charge in [0, 0.05) is 100 Å². The number of fused-ring (bicyclic) bond motifs is 9. The first-order valence-corrected chi connectivity index (χ1v) is 28.6. The molecule has 0 saturated carbocycles. The first kappa shape index (κ1) is 48.6. The molecule has 0 N–H and O–H groups in total. The number of aromatic nitrogens is 2. The van der Waals surface area contributed by atoms with Crippen molar-refractivity contribution in [3.05, 3.63) is 322 Å². The second-order valence-electron chi connectivity index (χ2n) is 21.3. The molecule has 0 aliphatic heterocycles. The highest BCUT2D eigenvalue weighted by Crippen LogP contribution is 2.44. The molecule has 396 valence electrons. The van der Waals surface area contributed by atoms with Gasteiger partial charge < -0.3 is 28.3 Å². The summed E-state index contributed by atoms with van der Waals surface area (Å²) in [4.78, 5) is 7.01. The molecule has 0 spiro atoms. The Labute approximate surface area is 486 Å². The molecule has 6 heteroatoms. The van der Waals surface area contributed by atoms with E-state index in [2.05, 4.69) is 333 Å². The minimum atomic E-state index is 0.888. The van der Waals surface area contributed by atoms with Crippen molar-refractivity contribution in [3.8, 4) is 22.5 Å². The molecule has 0 amide bonds. The number of hydrogen-bond donors (Lipinski definition) is 0. The van der Waals surface area contributed by atoms with Crippen LogP contribution in [0.4, 0.5) is 51.2 Å². The Morgan fingerprint density at radius 3 is 0.881 bits per heavy atom. The van der Waals surface area contributed by atoms with E-state index in [0.29, 0.717) is 0 Å². The zero-order valence-electron chi connectivity index (χ0n) is 45.7. The molecule has 0 atom stereocenters. The number of hydrogen-bond acceptors (Lipinski definition) is 4. The minimum Gasteiger partial charge on any atom is -0.455 e. The van der Waals surface area contributed by atoms with E-state index in [0.717, 1.165) is 95.6 Å². The third-order valence-electron chi connectivity index (χ3n) is 16.5. The maximum atomic E-state index is 6.53. The van der Waals surface area contributed by atoms with E-state index in [9.17, 15) is 0 Å². The maximum Gasteiger partial charge on any atom is 0.143 e. The van der Waals surface area contributed by atoms with E-state index in [4.69, 9.17) is 4.42 Å². The topological polar surface area (TPSA) is 32.7 Å². The van der Waals surface area contributed by atoms with E-state index in [1.807, 2.05) is 12.1 Å². The molecule has 16 rings (SSSR count). The lowest BCUT2D eigenvalue weighted by molar-refractivity contribution is 0.670. The molecule has 0 aliphatic rings. The van der Waals surface area contributed by atoms with Gasteiger partial charge in [0.2, 0.25) is 0 Å². The van der Waals surface area contributed by atoms with Gasteiger partial charge in [0.15, 0.2) is 0 Å². The second kappa shape index (κ2) is 20.3. The van der Waals surface area contributed by atoms with Crippen molar-refractivity contribution in [3.63, 3.8) is 0 Å². The molecule has 6 nitrogen and oxygen atoms in total. The van der Waals surface area contributed by atoms with Crippen molar-refractivity contribution in [1.29, 1.82) is 0 Å². The Hall–Kier alpha value is -11.3. The van der Waals surface area contributed by atoms with Crippen molar-refractivity contribution in [2.24, 2.45) is 0 Å². The summed E-state index contributed by atoms with van der Waals surface area (Å²) in [6.45, 7) is 0. The van der Waals surface area contributed by atoms with Crippen LogP contribution in [-0.2, 0) is 0 Å². The molecule has 0 aliphatic carbocycles. The minimum absolute atomic E-state index is 0.888. The second-order valence-corrected chi connectivity index (χ2v) is 21.3. The molecule has 16 aromatic rings. The number of nitrogens with zero attached hydrogens (tertiary/aromatic N) is 5. The predicted molar refractivity (Wildman–Crippen MR) is 352 cm³/mol. The highest BCUT2D eigenvalue weighted by atomic mass is 16.3. The Bertz CT molecular complexity index is 4700. The van der Waals surface area contributed by atoms with Gasteiger partial charge in [-0.15, -0.1) is 0 Å². The fourth-order valence-corrected chi connectivity index (χ4v) is 12.7. The Morgan fingerprint density at radius 1 is 0.214 bits per heavy atom. The molecular weight excluding hydrogens is 1020 g/mol. The van der Waals surface area contributed by atoms with Gasteiger partial charge in [0.1, 0.15) is 11.2 Å². The van der Waals surface area contributed by atoms with Crippen LogP contribution in [-0.4, -0.2) is 9.13 Å². The average molecular weight is 1080 g/mol. The van der Waals surface area contributed by atoms with E-state index in [-0.39, 0.29) is 0 Å². The largest absolute Gasteiger partial charge is 0.455 e. The first-order valence-electron chi connectivity index (χ1n) is 28.6. The summed E-state index contributed by atoms with van der Waals surface area (Å²) in [6.07, 6.45) is 0. The van der Waals surface area contributed by atoms with E-state index in [1.54, 1.807) is 0 Å². The number of furan rings is 1. The summed E-state index contributed by atoms with van der Waals surface area (Å²) in [7, 11) is 0. The van der Waals surface area contributed by atoms with Gasteiger partial charge in [-0.1, -0.05) is 158 Å². The Morgan fingerprint density at radius 2 is 0.500 bits per heavy atom. The van der Waals surface area contributed by atoms with E-state index >= 15 is 0 Å². The monoisotopic (exact) mass is 1080 g/mol. The van der Waals surface area contributed by atoms with Crippen molar-refractivity contribution in [2.45, 2.75) is 0 Å². The van der Waals surface area contributed by atoms with Crippen LogP contribution in [0.5, 0.6) is 0 Å². The molecule has 13 aromatic carbocycles. The normalized spacial score (nSPS) is 11.6. The third kappa shape index (κ3) is 8.27. The summed E-state index contributed by atoms with van der Waals surface area (Å²) >= 11 is 0. The highest BCUT2D eigenvalue weighted by molar-refractivity contribution is 6.11. The zero-order valence-corrected chi connectivity index (χ0v) is 45.7. The molecular formula is C78H53N5O. The molecule has 3 heterocycles. The van der Waals surface area contributed by atoms with Gasteiger partial charge in [0.05, 0.1) is 22.1 Å². The molecule has 3 aromatic heterocycles. The Balaban J connectivity index is 0.778. The SMILES string of the molecule is c1ccc(N(c2ccc(N(c3ccc(-c4cccc5c4oc4ccccc45)cc3)c3ccc(N(c4ccccc4)c4ccc(-n5c6ccccc6c6ccccc65)cc4)cc3)cc2)c2ccc(-n3c4ccccc4c4ccccc43)cc2)cc1. The van der Waals surface area contributed by atoms with Gasteiger partial charge in [-0.2, -0.15) is 0 Å². The van der Waals surface area contributed by atoms with Gasteiger partial charge >= 0.3 is 0 Å². The number of anilines is 9. The summed E-state index contributed by atoms with van der Waals surface area (Å²) in [5.74, 6) is 0. The molecule has 0 unspecified atom stereocenters. The van der Waals surface area contributed by atoms with Crippen molar-refractivity contribution < 1.29 is 4.42 Å². The zero-order chi connectivity index (χ0) is 55.5. The summed E-state index contributed by atoms with van der Waals surface area (Å²) in [5.41, 5.74) is 20.3. The first-order chi connectivity index (χ1) is 41.7. The summed E-state index contributed by atoms with van der Waals surface area (Å²) < 4.78 is 11.3. The molecule has 0 saturated heterocycles. The molecule has 0 fully saturated rings. The predicted octanol–water partition coefficient (Wildman–Crippen LogP) is 21.9. The molecule has 0 radical (unpaired) electrons. The summed E-state index contributed by atoms with van der Waals surface area (Å²) in [6, 6.07) is 115. The standard InChI is InChI=1S/C78H53N5O/c1-3-18-55(19-4-1)79(60-46-50-64(51-47-60)82-73-29-12-7-22-67(73)68-23-8-13-30-74(68)82)58-38-42-62(43-39-58)81(57-36-34-54(35-37-57)66-27-17-28-72-71-26-11-16-33-77(71)84-78(66)72)63-44-40-59(41-45-63)80(56-20-5-2-6-21-56)61-48-52-65(53-49-61)83-75-31-14-9-24-69(75)70-25-10-15-32-76(70)83/h1-53H. The van der Waals surface area contributed by atoms with Crippen LogP contribution in [0.25, 0.3) is 88.1 Å². The van der Waals surface area contributed by atoms with Crippen LogP contribution >= 0.6 is 0 Å². The van der Waals surface area contributed by atoms with Gasteiger partial charge in [-0.05, 0) is 169 Å². The average Bonchev–Trinajstić information content (AvgIpc) is 3.04. The maximum absolute atomic E-state index is 6.53. The lowest BCUT2D eigenvalue weighted by atomic mass is 10.0. The summed E-state index contributed by atoms with van der Waals surface area (Å²) in [5, 5.41) is 7.22. The van der Waals surface area contributed by atoms with E-state index in [1.165, 1.54) is 43.6 Å². The molecule has 84 heavy (non-hydrogen) atoms. The number of benzene rings is 13. The highest BCUT2D eigenvalue weighted by Gasteiger charge is 2.21. The number of rotatable bonds is 12. The van der Waals surface area contributed by atoms with E-state index < -0.39 is 0 Å². The molecule has 0 bridgehead atoms. The number of para-hydroxylation sites is 8.